The molecule has 1 saturated carbocycles. The number of aliphatic hydroxyl groups excluding tert-OH is 1. The number of anilines is 1. The van der Waals surface area contributed by atoms with Crippen molar-refractivity contribution in [2.24, 2.45) is 40.5 Å². The first-order valence-electron chi connectivity index (χ1n) is 20.0. The summed E-state index contributed by atoms with van der Waals surface area (Å²) in [6, 6.07) is 17.4. The number of benzene rings is 2. The van der Waals surface area contributed by atoms with Crippen LogP contribution in [0.3, 0.4) is 0 Å². The van der Waals surface area contributed by atoms with E-state index in [0.29, 0.717) is 43.2 Å². The third-order valence-corrected chi connectivity index (χ3v) is 11.9. The number of aromatic nitrogens is 1. The Morgan fingerprint density at radius 3 is 2.55 bits per heavy atom. The lowest BCUT2D eigenvalue weighted by atomic mass is 9.73. The minimum absolute atomic E-state index is 0.0161. The molecular formula is C47H56N3O5+. The Kier molecular flexibility index (Phi) is 13.2. The second kappa shape index (κ2) is 18.2. The third-order valence-electron chi connectivity index (χ3n) is 11.9. The van der Waals surface area contributed by atoms with Crippen LogP contribution in [0.15, 0.2) is 77.6 Å². The zero-order valence-electron chi connectivity index (χ0n) is 32.7. The Labute approximate surface area is 326 Å². The van der Waals surface area contributed by atoms with Gasteiger partial charge in [-0.1, -0.05) is 55.5 Å². The summed E-state index contributed by atoms with van der Waals surface area (Å²) in [5.74, 6) is 8.37. The van der Waals surface area contributed by atoms with Gasteiger partial charge in [0.25, 0.3) is 0 Å². The number of ether oxygens (including phenoxy) is 1. The molecule has 3 aliphatic rings. The fourth-order valence-corrected chi connectivity index (χ4v) is 9.05. The summed E-state index contributed by atoms with van der Waals surface area (Å²) >= 11 is 0. The van der Waals surface area contributed by atoms with Crippen LogP contribution in [0.25, 0.3) is 0 Å². The van der Waals surface area contributed by atoms with Gasteiger partial charge in [-0.15, -0.1) is 4.99 Å². The van der Waals surface area contributed by atoms with E-state index >= 15 is 0 Å². The summed E-state index contributed by atoms with van der Waals surface area (Å²) in [6.07, 6.45) is 10.5. The molecule has 2 aromatic carbocycles. The number of phenols is 1. The number of pyridine rings is 1. The first kappa shape index (κ1) is 39.8. The van der Waals surface area contributed by atoms with Crippen molar-refractivity contribution >= 4 is 23.6 Å². The van der Waals surface area contributed by atoms with Gasteiger partial charge in [0.2, 0.25) is 0 Å². The maximum atomic E-state index is 14.5. The average molecular weight is 743 g/mol. The molecule has 0 spiro atoms. The number of carbonyl (C=O) groups excluding carboxylic acids is 2. The van der Waals surface area contributed by atoms with E-state index in [9.17, 15) is 19.8 Å². The van der Waals surface area contributed by atoms with Crippen molar-refractivity contribution in [3.63, 3.8) is 0 Å². The van der Waals surface area contributed by atoms with Crippen LogP contribution in [0.2, 0.25) is 0 Å². The summed E-state index contributed by atoms with van der Waals surface area (Å²) in [5, 5.41) is 23.0. The molecule has 55 heavy (non-hydrogen) atoms. The molecule has 0 bridgehead atoms. The highest BCUT2D eigenvalue weighted by molar-refractivity contribution is 6.00. The number of phenolic OH excluding ortho intramolecular Hbond substituents is 1. The molecule has 7 atom stereocenters. The summed E-state index contributed by atoms with van der Waals surface area (Å²) in [5.41, 5.74) is 10.8. The number of carbonyl (C=O) groups is 2. The number of nitrogens with zero attached hydrogens (tertiary/aromatic N) is 2. The van der Waals surface area contributed by atoms with Crippen molar-refractivity contribution in [3.05, 3.63) is 101 Å². The number of rotatable bonds is 11. The largest absolute Gasteiger partial charge is 0.504 e. The molecule has 4 N–H and O–H groups in total. The number of allylic oxidation sites excluding steroid dienone is 1. The van der Waals surface area contributed by atoms with Crippen LogP contribution in [-0.2, 0) is 22.4 Å². The van der Waals surface area contributed by atoms with Crippen LogP contribution in [0.5, 0.6) is 11.5 Å². The Bertz CT molecular complexity index is 1940. The number of hydrogen-bond acceptors (Lipinski definition) is 8. The molecule has 8 nitrogen and oxygen atoms in total. The Morgan fingerprint density at radius 2 is 1.84 bits per heavy atom. The number of aliphatic hydroxyl groups is 1. The van der Waals surface area contributed by atoms with Crippen LogP contribution < -0.4 is 10.5 Å². The van der Waals surface area contributed by atoms with Gasteiger partial charge in [-0.05, 0) is 117 Å². The molecule has 0 radical (unpaired) electrons. The van der Waals surface area contributed by atoms with Crippen molar-refractivity contribution < 1.29 is 24.5 Å². The van der Waals surface area contributed by atoms with Crippen molar-refractivity contribution in [2.75, 3.05) is 12.8 Å². The minimum Gasteiger partial charge on any atom is -0.504 e. The Morgan fingerprint density at radius 1 is 1.04 bits per heavy atom. The number of aliphatic imine (C=N–C) groups is 1. The van der Waals surface area contributed by atoms with Gasteiger partial charge in [-0.25, -0.2) is 4.98 Å². The van der Waals surface area contributed by atoms with Gasteiger partial charge in [-0.2, -0.15) is 0 Å². The van der Waals surface area contributed by atoms with Gasteiger partial charge in [-0.3, -0.25) is 9.59 Å². The SMILES string of the molecule is CCCC(C(O)CC1=C[C+](C(C)C)C=N1)C1CC(Cc2ccnc(N)c2)CC2C#CC(c3ccccc3)c3cc(O)c(OC)cc3CCC(=O)CC(=O)C2C1. The predicted octanol–water partition coefficient (Wildman–Crippen LogP) is 8.25. The van der Waals surface area contributed by atoms with Gasteiger partial charge in [0.15, 0.2) is 17.2 Å². The van der Waals surface area contributed by atoms with Gasteiger partial charge in [0.1, 0.15) is 35.6 Å². The number of aromatic hydroxyl groups is 1. The van der Waals surface area contributed by atoms with Crippen molar-refractivity contribution in [1.82, 2.24) is 4.98 Å². The summed E-state index contributed by atoms with van der Waals surface area (Å²) < 4.78 is 5.47. The van der Waals surface area contributed by atoms with E-state index in [1.807, 2.05) is 48.7 Å². The molecule has 7 unspecified atom stereocenters. The molecule has 288 valence electrons. The molecule has 1 aliphatic heterocycles. The fraction of sp³-hybridized carbons (Fsp3) is 0.468. The molecule has 2 heterocycles. The highest BCUT2D eigenvalue weighted by Crippen LogP contribution is 2.45. The van der Waals surface area contributed by atoms with Crippen LogP contribution in [0.1, 0.15) is 100 Å². The topological polar surface area (TPSA) is 135 Å². The van der Waals surface area contributed by atoms with Crippen LogP contribution in [-0.4, -0.2) is 46.2 Å². The lowest BCUT2D eigenvalue weighted by Gasteiger charge is -2.32. The Hall–Kier alpha value is -4.87. The molecule has 1 aromatic heterocycles. The molecule has 8 heteroatoms. The monoisotopic (exact) mass is 742 g/mol. The zero-order chi connectivity index (χ0) is 39.1. The smallest absolute Gasteiger partial charge is 0.177 e. The highest BCUT2D eigenvalue weighted by Gasteiger charge is 2.42. The number of fused-ring (bicyclic) bond motifs is 2. The number of Topliss-reactive ketones (excluding diaryl/α,β-unsaturated/α-hetero) is 2. The standard InChI is InChI=1S/C47H55N3O5/c1-5-9-40(43(52)25-37-22-36(28-50-37)29(2)3)35-20-31(18-30-16-17-49-47(48)21-30)19-33-13-15-39(32-10-7-6-8-11-32)41-27-45(54)46(55-4)24-34(41)12-14-38(51)26-44(53)42(33)23-35/h6-8,10-11,16-17,21-22,24,27-29,31,33,35,39-40,42-43,52H,5,9,12,14,18-20,23,25-26H2,1-4H3,(H2-,48,49,54)/p+1. The first-order chi connectivity index (χ1) is 26.5. The van der Waals surface area contributed by atoms with E-state index < -0.39 is 17.9 Å². The number of nitrogens with two attached hydrogens (primary N) is 1. The maximum Gasteiger partial charge on any atom is 0.177 e. The summed E-state index contributed by atoms with van der Waals surface area (Å²) in [6.45, 7) is 6.43. The van der Waals surface area contributed by atoms with E-state index in [4.69, 9.17) is 10.5 Å². The van der Waals surface area contributed by atoms with E-state index in [2.05, 4.69) is 48.7 Å². The molecule has 0 amide bonds. The third kappa shape index (κ3) is 9.87. The van der Waals surface area contributed by atoms with Gasteiger partial charge >= 0.3 is 0 Å². The number of ketones is 2. The number of methoxy groups -OCH3 is 1. The zero-order valence-corrected chi connectivity index (χ0v) is 32.7. The minimum atomic E-state index is -0.633. The molecule has 3 aromatic rings. The highest BCUT2D eigenvalue weighted by atomic mass is 16.5. The molecule has 6 rings (SSSR count). The van der Waals surface area contributed by atoms with Crippen molar-refractivity contribution in [1.29, 1.82) is 0 Å². The number of hydrogen-bond donors (Lipinski definition) is 3. The quantitative estimate of drug-likeness (QED) is 0.102. The van der Waals surface area contributed by atoms with Crippen molar-refractivity contribution in [2.45, 2.75) is 97.0 Å². The lowest BCUT2D eigenvalue weighted by Crippen LogP contribution is -2.32. The molecule has 0 saturated heterocycles. The molecule has 2 aliphatic carbocycles. The Balaban J connectivity index is 1.43. The van der Waals surface area contributed by atoms with Crippen LogP contribution in [0.4, 0.5) is 5.82 Å². The normalized spacial score (nSPS) is 24.0. The van der Waals surface area contributed by atoms with Gasteiger partial charge in [0, 0.05) is 30.4 Å². The van der Waals surface area contributed by atoms with E-state index in [0.717, 1.165) is 59.6 Å². The van der Waals surface area contributed by atoms with E-state index in [1.165, 1.54) is 7.11 Å². The van der Waals surface area contributed by atoms with Gasteiger partial charge in [0.05, 0.1) is 32.0 Å². The van der Waals surface area contributed by atoms with Gasteiger partial charge < -0.3 is 20.7 Å². The van der Waals surface area contributed by atoms with Crippen molar-refractivity contribution in [3.8, 4) is 23.3 Å². The summed E-state index contributed by atoms with van der Waals surface area (Å²) in [4.78, 5) is 37.0. The number of nitrogen functional groups attached to an aromatic ring is 1. The average Bonchev–Trinajstić information content (AvgIpc) is 3.56. The molecular weight excluding hydrogens is 687 g/mol. The number of aryl methyl sites for hydroxylation is 1. The first-order valence-corrected chi connectivity index (χ1v) is 20.0. The lowest BCUT2D eigenvalue weighted by molar-refractivity contribution is -0.130. The molecule has 1 fully saturated rings. The van der Waals surface area contributed by atoms with Crippen LogP contribution >= 0.6 is 0 Å². The fourth-order valence-electron chi connectivity index (χ4n) is 9.05. The second-order valence-electron chi connectivity index (χ2n) is 16.1. The predicted molar refractivity (Wildman–Crippen MR) is 218 cm³/mol. The van der Waals surface area contributed by atoms with E-state index in [-0.39, 0.29) is 53.8 Å². The summed E-state index contributed by atoms with van der Waals surface area (Å²) in [7, 11) is 1.51. The van der Waals surface area contributed by atoms with E-state index in [1.54, 1.807) is 18.3 Å². The maximum absolute atomic E-state index is 14.5. The second-order valence-corrected chi connectivity index (χ2v) is 16.1. The van der Waals surface area contributed by atoms with Crippen LogP contribution in [0, 0.1) is 53.3 Å².